The summed E-state index contributed by atoms with van der Waals surface area (Å²) in [5, 5.41) is 3.23. The molecule has 1 heterocycles. The average Bonchev–Trinajstić information content (AvgIpc) is 3.20. The van der Waals surface area contributed by atoms with Crippen LogP contribution < -0.4 is 11.1 Å². The molecule has 0 aromatic carbocycles. The molecule has 19 heavy (non-hydrogen) atoms. The molecule has 2 rings (SSSR count). The monoisotopic (exact) mass is 268 g/mol. The Labute approximate surface area is 116 Å². The first kappa shape index (κ1) is 14.8. The number of hydrogen-bond donors (Lipinski definition) is 2. The van der Waals surface area contributed by atoms with E-state index >= 15 is 0 Å². The van der Waals surface area contributed by atoms with Gasteiger partial charge in [-0.1, -0.05) is 0 Å². The molecule has 1 saturated carbocycles. The van der Waals surface area contributed by atoms with Crippen LogP contribution in [0, 0.1) is 5.92 Å². The van der Waals surface area contributed by atoms with Crippen molar-refractivity contribution in [3.8, 4) is 0 Å². The molecule has 1 unspecified atom stereocenters. The number of nitrogens with one attached hydrogen (secondary N) is 1. The Morgan fingerprint density at radius 3 is 2.26 bits per heavy atom. The highest BCUT2D eigenvalue weighted by Gasteiger charge is 2.49. The molecule has 1 aliphatic heterocycles. The zero-order chi connectivity index (χ0) is 14.0. The maximum absolute atomic E-state index is 11.9. The van der Waals surface area contributed by atoms with E-state index in [1.807, 2.05) is 7.05 Å². The Morgan fingerprint density at radius 1 is 1.32 bits per heavy atom. The van der Waals surface area contributed by atoms with Crippen LogP contribution in [0.15, 0.2) is 0 Å². The minimum absolute atomic E-state index is 0.188. The normalized spacial score (nSPS) is 25.5. The molecule has 0 spiro atoms. The quantitative estimate of drug-likeness (QED) is 0.704. The first-order valence-corrected chi connectivity index (χ1v) is 7.37. The van der Waals surface area contributed by atoms with Gasteiger partial charge in [-0.15, -0.1) is 0 Å². The highest BCUT2D eigenvalue weighted by molar-refractivity contribution is 5.86. The van der Waals surface area contributed by atoms with Crippen molar-refractivity contribution in [2.24, 2.45) is 11.7 Å². The summed E-state index contributed by atoms with van der Waals surface area (Å²) in [7, 11) is 6.16. The molecule has 0 aromatic rings. The van der Waals surface area contributed by atoms with Gasteiger partial charge in [-0.25, -0.2) is 0 Å². The summed E-state index contributed by atoms with van der Waals surface area (Å²) in [4.78, 5) is 16.6. The number of likely N-dealkylation sites (tertiary alicyclic amines) is 1. The Bertz CT molecular complexity index is 321. The lowest BCUT2D eigenvalue weighted by Gasteiger charge is -2.40. The number of carbonyl (C=O) groups excluding carboxylic acids is 1. The molecule has 5 nitrogen and oxygen atoms in total. The van der Waals surface area contributed by atoms with E-state index in [-0.39, 0.29) is 5.91 Å². The van der Waals surface area contributed by atoms with Crippen LogP contribution in [0.3, 0.4) is 0 Å². The Morgan fingerprint density at radius 2 is 1.89 bits per heavy atom. The van der Waals surface area contributed by atoms with Crippen LogP contribution in [0.25, 0.3) is 0 Å². The summed E-state index contributed by atoms with van der Waals surface area (Å²) in [5.74, 6) is 0.244. The number of rotatable bonds is 6. The van der Waals surface area contributed by atoms with Gasteiger partial charge in [-0.3, -0.25) is 4.79 Å². The van der Waals surface area contributed by atoms with Crippen LogP contribution in [0.4, 0.5) is 0 Å². The topological polar surface area (TPSA) is 61.6 Å². The van der Waals surface area contributed by atoms with Crippen molar-refractivity contribution < 1.29 is 4.79 Å². The highest BCUT2D eigenvalue weighted by Crippen LogP contribution is 2.40. The molecule has 1 saturated heterocycles. The summed E-state index contributed by atoms with van der Waals surface area (Å²) < 4.78 is 0. The lowest BCUT2D eigenvalue weighted by atomic mass is 9.90. The van der Waals surface area contributed by atoms with Gasteiger partial charge >= 0.3 is 0 Å². The van der Waals surface area contributed by atoms with E-state index in [1.54, 1.807) is 0 Å². The third kappa shape index (κ3) is 3.09. The fourth-order valence-electron chi connectivity index (χ4n) is 3.34. The van der Waals surface area contributed by atoms with Crippen molar-refractivity contribution in [1.29, 1.82) is 0 Å². The Kier molecular flexibility index (Phi) is 4.48. The van der Waals surface area contributed by atoms with Crippen molar-refractivity contribution in [3.05, 3.63) is 0 Å². The van der Waals surface area contributed by atoms with Crippen molar-refractivity contribution in [2.45, 2.75) is 37.3 Å². The Hall–Kier alpha value is -0.650. The van der Waals surface area contributed by atoms with Crippen molar-refractivity contribution in [2.75, 3.05) is 40.8 Å². The Balaban J connectivity index is 1.94. The molecule has 2 fully saturated rings. The SMILES string of the molecule is CNC(CN1CCC(N(C)C)CC1)(C(N)=O)C1CC1. The van der Waals surface area contributed by atoms with Crippen molar-refractivity contribution >= 4 is 5.91 Å². The summed E-state index contributed by atoms with van der Waals surface area (Å²) in [6.45, 7) is 2.89. The van der Waals surface area contributed by atoms with Crippen LogP contribution in [0.2, 0.25) is 0 Å². The molecule has 0 radical (unpaired) electrons. The van der Waals surface area contributed by atoms with Crippen molar-refractivity contribution in [3.63, 3.8) is 0 Å². The molecule has 1 aliphatic carbocycles. The maximum Gasteiger partial charge on any atom is 0.239 e. The van der Waals surface area contributed by atoms with E-state index in [2.05, 4.69) is 29.2 Å². The molecule has 1 atom stereocenters. The molecule has 110 valence electrons. The van der Waals surface area contributed by atoms with Gasteiger partial charge in [-0.2, -0.15) is 0 Å². The highest BCUT2D eigenvalue weighted by atomic mass is 16.1. The molecule has 0 bridgehead atoms. The third-order valence-corrected chi connectivity index (χ3v) is 4.92. The number of piperidine rings is 1. The number of likely N-dealkylation sites (N-methyl/N-ethyl adjacent to an activating group) is 1. The van der Waals surface area contributed by atoms with Crippen LogP contribution in [0.5, 0.6) is 0 Å². The van der Waals surface area contributed by atoms with Crippen LogP contribution in [-0.2, 0) is 4.79 Å². The standard InChI is InChI=1S/C14H28N4O/c1-16-14(13(15)19,11-4-5-11)10-18-8-6-12(7-9-18)17(2)3/h11-12,16H,4-10H2,1-3H3,(H2,15,19). The van der Waals surface area contributed by atoms with E-state index in [0.29, 0.717) is 12.0 Å². The number of carbonyl (C=O) groups is 1. The van der Waals surface area contributed by atoms with E-state index in [4.69, 9.17) is 5.73 Å². The first-order valence-electron chi connectivity index (χ1n) is 7.37. The zero-order valence-corrected chi connectivity index (χ0v) is 12.5. The maximum atomic E-state index is 11.9. The van der Waals surface area contributed by atoms with E-state index in [9.17, 15) is 4.79 Å². The summed E-state index contributed by atoms with van der Waals surface area (Å²) in [6, 6.07) is 0.676. The second kappa shape index (κ2) is 5.77. The van der Waals surface area contributed by atoms with Crippen LogP contribution in [0.1, 0.15) is 25.7 Å². The molecule has 3 N–H and O–H groups in total. The van der Waals surface area contributed by atoms with Gasteiger partial charge in [0, 0.05) is 12.6 Å². The van der Waals surface area contributed by atoms with Gasteiger partial charge in [0.1, 0.15) is 5.54 Å². The summed E-state index contributed by atoms with van der Waals surface area (Å²) in [6.07, 6.45) is 4.60. The van der Waals surface area contributed by atoms with Crippen molar-refractivity contribution in [1.82, 2.24) is 15.1 Å². The molecular weight excluding hydrogens is 240 g/mol. The van der Waals surface area contributed by atoms with Gasteiger partial charge in [-0.05, 0) is 65.8 Å². The number of primary amides is 1. The molecule has 5 heteroatoms. The number of hydrogen-bond acceptors (Lipinski definition) is 4. The van der Waals surface area contributed by atoms with Crippen LogP contribution >= 0.6 is 0 Å². The lowest BCUT2D eigenvalue weighted by molar-refractivity contribution is -0.126. The number of nitrogens with two attached hydrogens (primary N) is 1. The van der Waals surface area contributed by atoms with E-state index < -0.39 is 5.54 Å². The average molecular weight is 268 g/mol. The minimum atomic E-state index is -0.509. The second-order valence-electron chi connectivity index (χ2n) is 6.33. The predicted molar refractivity (Wildman–Crippen MR) is 76.9 cm³/mol. The number of nitrogens with zero attached hydrogens (tertiary/aromatic N) is 2. The molecule has 2 aliphatic rings. The zero-order valence-electron chi connectivity index (χ0n) is 12.5. The van der Waals surface area contributed by atoms with Gasteiger partial charge in [0.15, 0.2) is 0 Å². The first-order chi connectivity index (χ1) is 8.99. The predicted octanol–water partition coefficient (Wildman–Crippen LogP) is -0.134. The van der Waals surface area contributed by atoms with Gasteiger partial charge < -0.3 is 20.9 Å². The largest absolute Gasteiger partial charge is 0.368 e. The molecule has 1 amide bonds. The van der Waals surface area contributed by atoms with Gasteiger partial charge in [0.25, 0.3) is 0 Å². The molecular formula is C14H28N4O. The van der Waals surface area contributed by atoms with E-state index in [0.717, 1.165) is 32.5 Å². The smallest absolute Gasteiger partial charge is 0.239 e. The fraction of sp³-hybridized carbons (Fsp3) is 0.929. The number of amides is 1. The van der Waals surface area contributed by atoms with Gasteiger partial charge in [0.05, 0.1) is 0 Å². The minimum Gasteiger partial charge on any atom is -0.368 e. The summed E-state index contributed by atoms with van der Waals surface area (Å²) >= 11 is 0. The summed E-state index contributed by atoms with van der Waals surface area (Å²) in [5.41, 5.74) is 5.17. The lowest BCUT2D eigenvalue weighted by Crippen LogP contribution is -2.63. The fourth-order valence-corrected chi connectivity index (χ4v) is 3.34. The third-order valence-electron chi connectivity index (χ3n) is 4.92. The van der Waals surface area contributed by atoms with Crippen LogP contribution in [-0.4, -0.2) is 68.1 Å². The van der Waals surface area contributed by atoms with Gasteiger partial charge in [0.2, 0.25) is 5.91 Å². The second-order valence-corrected chi connectivity index (χ2v) is 6.33. The van der Waals surface area contributed by atoms with E-state index in [1.165, 1.54) is 12.8 Å². The molecule has 0 aromatic heterocycles.